The lowest BCUT2D eigenvalue weighted by Crippen LogP contribution is -2.43. The molecule has 2 amide bonds. The van der Waals surface area contributed by atoms with Crippen LogP contribution in [-0.4, -0.2) is 47.6 Å². The number of benzene rings is 2. The third-order valence-corrected chi connectivity index (χ3v) is 5.39. The predicted octanol–water partition coefficient (Wildman–Crippen LogP) is 4.15. The number of aromatic hydroxyl groups is 1. The van der Waals surface area contributed by atoms with Gasteiger partial charge >= 0.3 is 6.03 Å². The minimum Gasteiger partial charge on any atom is -0.508 e. The first kappa shape index (κ1) is 20.2. The van der Waals surface area contributed by atoms with E-state index in [1.165, 1.54) is 31.2 Å². The molecule has 2 aromatic rings. The average molecular weight is 382 g/mol. The van der Waals surface area contributed by atoms with Crippen molar-refractivity contribution in [2.45, 2.75) is 38.3 Å². The fraction of sp³-hybridized carbons (Fsp3) is 0.435. The average Bonchev–Trinajstić information content (AvgIpc) is 2.98. The van der Waals surface area contributed by atoms with Crippen LogP contribution in [0.25, 0.3) is 0 Å². The molecule has 0 saturated carbocycles. The lowest BCUT2D eigenvalue weighted by atomic mass is 10.0. The molecule has 0 spiro atoms. The summed E-state index contributed by atoms with van der Waals surface area (Å²) in [6.45, 7) is 3.20. The topological polar surface area (TPSA) is 55.8 Å². The number of nitrogens with zero attached hydrogens (tertiary/aromatic N) is 2. The van der Waals surface area contributed by atoms with E-state index >= 15 is 0 Å². The van der Waals surface area contributed by atoms with Gasteiger partial charge in [0, 0.05) is 20.1 Å². The van der Waals surface area contributed by atoms with Crippen LogP contribution in [0.2, 0.25) is 0 Å². The van der Waals surface area contributed by atoms with Crippen molar-refractivity contribution in [1.29, 1.82) is 0 Å². The Morgan fingerprint density at radius 2 is 1.79 bits per heavy atom. The minimum absolute atomic E-state index is 0.0981. The molecule has 1 atom stereocenters. The summed E-state index contributed by atoms with van der Waals surface area (Å²) < 4.78 is 0. The molecular weight excluding hydrogens is 350 g/mol. The SMILES string of the molecule is CN(Cc1cccc(O)c1)C(=O)NC[C@@H](c1ccccc1)N1CCCCCC1. The Morgan fingerprint density at radius 1 is 1.07 bits per heavy atom. The Morgan fingerprint density at radius 3 is 2.46 bits per heavy atom. The summed E-state index contributed by atoms with van der Waals surface area (Å²) in [4.78, 5) is 16.8. The summed E-state index contributed by atoms with van der Waals surface area (Å²) in [5, 5.41) is 12.7. The van der Waals surface area contributed by atoms with Gasteiger partial charge in [0.1, 0.15) is 5.75 Å². The van der Waals surface area contributed by atoms with Crippen molar-refractivity contribution in [1.82, 2.24) is 15.1 Å². The van der Waals surface area contributed by atoms with Crippen molar-refractivity contribution in [2.24, 2.45) is 0 Å². The van der Waals surface area contributed by atoms with Crippen LogP contribution < -0.4 is 5.32 Å². The minimum atomic E-state index is -0.0981. The second kappa shape index (κ2) is 10.1. The second-order valence-electron chi connectivity index (χ2n) is 7.59. The van der Waals surface area contributed by atoms with Gasteiger partial charge in [0.05, 0.1) is 6.04 Å². The number of amides is 2. The molecule has 2 N–H and O–H groups in total. The zero-order chi connectivity index (χ0) is 19.8. The lowest BCUT2D eigenvalue weighted by Gasteiger charge is -2.32. The molecule has 1 fully saturated rings. The van der Waals surface area contributed by atoms with Crippen molar-refractivity contribution in [3.63, 3.8) is 0 Å². The van der Waals surface area contributed by atoms with E-state index in [1.54, 1.807) is 30.1 Å². The smallest absolute Gasteiger partial charge is 0.317 e. The van der Waals surface area contributed by atoms with Crippen LogP contribution in [0.15, 0.2) is 54.6 Å². The normalized spacial score (nSPS) is 16.2. The van der Waals surface area contributed by atoms with Crippen LogP contribution in [0, 0.1) is 0 Å². The van der Waals surface area contributed by atoms with Gasteiger partial charge in [-0.1, -0.05) is 55.3 Å². The van der Waals surface area contributed by atoms with Crippen LogP contribution in [-0.2, 0) is 6.54 Å². The fourth-order valence-electron chi connectivity index (χ4n) is 3.86. The molecule has 28 heavy (non-hydrogen) atoms. The third kappa shape index (κ3) is 5.73. The summed E-state index contributed by atoms with van der Waals surface area (Å²) >= 11 is 0. The van der Waals surface area contributed by atoms with Crippen LogP contribution in [0.1, 0.15) is 42.9 Å². The van der Waals surface area contributed by atoms with E-state index in [-0.39, 0.29) is 17.8 Å². The Kier molecular flexibility index (Phi) is 7.31. The molecule has 5 nitrogen and oxygen atoms in total. The number of carbonyl (C=O) groups excluding carboxylic acids is 1. The number of urea groups is 1. The molecule has 2 aromatic carbocycles. The van der Waals surface area contributed by atoms with Gasteiger partial charge in [-0.2, -0.15) is 0 Å². The molecule has 5 heteroatoms. The highest BCUT2D eigenvalue weighted by Crippen LogP contribution is 2.24. The van der Waals surface area contributed by atoms with Gasteiger partial charge in [-0.25, -0.2) is 4.79 Å². The van der Waals surface area contributed by atoms with Crippen LogP contribution in [0.4, 0.5) is 4.79 Å². The summed E-state index contributed by atoms with van der Waals surface area (Å²) in [5.41, 5.74) is 2.16. The third-order valence-electron chi connectivity index (χ3n) is 5.39. The number of rotatable bonds is 6. The van der Waals surface area contributed by atoms with E-state index in [1.807, 2.05) is 12.1 Å². The highest BCUT2D eigenvalue weighted by atomic mass is 16.3. The van der Waals surface area contributed by atoms with Gasteiger partial charge in [-0.05, 0) is 49.2 Å². The van der Waals surface area contributed by atoms with Gasteiger partial charge < -0.3 is 15.3 Å². The van der Waals surface area contributed by atoms with Crippen molar-refractivity contribution >= 4 is 6.03 Å². The maximum absolute atomic E-state index is 12.7. The fourth-order valence-corrected chi connectivity index (χ4v) is 3.86. The lowest BCUT2D eigenvalue weighted by molar-refractivity contribution is 0.183. The zero-order valence-electron chi connectivity index (χ0n) is 16.7. The first-order valence-corrected chi connectivity index (χ1v) is 10.2. The number of likely N-dealkylation sites (tertiary alicyclic amines) is 1. The molecule has 150 valence electrons. The number of hydrogen-bond donors (Lipinski definition) is 2. The largest absolute Gasteiger partial charge is 0.508 e. The Balaban J connectivity index is 1.62. The summed E-state index contributed by atoms with van der Waals surface area (Å²) in [6.07, 6.45) is 5.01. The van der Waals surface area contributed by atoms with E-state index in [0.29, 0.717) is 13.1 Å². The summed E-state index contributed by atoms with van der Waals surface area (Å²) in [7, 11) is 1.78. The van der Waals surface area contributed by atoms with Gasteiger partial charge in [0.15, 0.2) is 0 Å². The van der Waals surface area contributed by atoms with Gasteiger partial charge in [-0.3, -0.25) is 4.90 Å². The number of hydrogen-bond acceptors (Lipinski definition) is 3. The maximum atomic E-state index is 12.7. The van der Waals surface area contributed by atoms with Gasteiger partial charge in [0.25, 0.3) is 0 Å². The van der Waals surface area contributed by atoms with E-state index in [0.717, 1.165) is 18.7 Å². The highest BCUT2D eigenvalue weighted by Gasteiger charge is 2.22. The molecular formula is C23H31N3O2. The monoisotopic (exact) mass is 381 g/mol. The number of phenolic OH excluding ortho intramolecular Hbond substituents is 1. The summed E-state index contributed by atoms with van der Waals surface area (Å²) in [5.74, 6) is 0.219. The molecule has 0 bridgehead atoms. The number of nitrogens with one attached hydrogen (secondary N) is 1. The van der Waals surface area contributed by atoms with E-state index in [4.69, 9.17) is 0 Å². The molecule has 1 aliphatic heterocycles. The van der Waals surface area contributed by atoms with Crippen LogP contribution in [0.5, 0.6) is 5.75 Å². The highest BCUT2D eigenvalue weighted by molar-refractivity contribution is 5.73. The first-order valence-electron chi connectivity index (χ1n) is 10.2. The Hall–Kier alpha value is -2.53. The van der Waals surface area contributed by atoms with E-state index < -0.39 is 0 Å². The molecule has 0 aliphatic carbocycles. The Labute approximate surface area is 168 Å². The Bertz CT molecular complexity index is 743. The van der Waals surface area contributed by atoms with E-state index in [9.17, 15) is 9.90 Å². The van der Waals surface area contributed by atoms with Crippen molar-refractivity contribution in [3.05, 3.63) is 65.7 Å². The van der Waals surface area contributed by atoms with E-state index in [2.05, 4.69) is 34.5 Å². The molecule has 1 heterocycles. The number of phenols is 1. The maximum Gasteiger partial charge on any atom is 0.317 e. The predicted molar refractivity (Wildman–Crippen MR) is 112 cm³/mol. The molecule has 1 saturated heterocycles. The van der Waals surface area contributed by atoms with Crippen LogP contribution >= 0.6 is 0 Å². The van der Waals surface area contributed by atoms with Crippen LogP contribution in [0.3, 0.4) is 0 Å². The summed E-state index contributed by atoms with van der Waals surface area (Å²) in [6, 6.07) is 17.6. The van der Waals surface area contributed by atoms with Crippen molar-refractivity contribution in [2.75, 3.05) is 26.7 Å². The first-order chi connectivity index (χ1) is 13.6. The van der Waals surface area contributed by atoms with Crippen molar-refractivity contribution < 1.29 is 9.90 Å². The van der Waals surface area contributed by atoms with Crippen molar-refractivity contribution in [3.8, 4) is 5.75 Å². The molecule has 0 unspecified atom stereocenters. The van der Waals surface area contributed by atoms with Gasteiger partial charge in [-0.15, -0.1) is 0 Å². The molecule has 0 radical (unpaired) electrons. The number of carbonyl (C=O) groups is 1. The standard InChI is InChI=1S/C23H31N3O2/c1-25(18-19-10-9-13-21(27)16-19)23(28)24-17-22(20-11-5-4-6-12-20)26-14-7-2-3-8-15-26/h4-6,9-13,16,22,27H,2-3,7-8,14-15,17-18H2,1H3,(H,24,28)/t22-/m0/s1. The quantitative estimate of drug-likeness (QED) is 0.790. The van der Waals surface area contributed by atoms with Gasteiger partial charge in [0.2, 0.25) is 0 Å². The molecule has 3 rings (SSSR count). The second-order valence-corrected chi connectivity index (χ2v) is 7.59. The molecule has 0 aromatic heterocycles. The zero-order valence-corrected chi connectivity index (χ0v) is 16.7. The molecule has 1 aliphatic rings.